The molecule has 2 aliphatic rings. The van der Waals surface area contributed by atoms with Crippen molar-refractivity contribution in [1.29, 1.82) is 0 Å². The van der Waals surface area contributed by atoms with Gasteiger partial charge < -0.3 is 15.5 Å². The predicted octanol–water partition coefficient (Wildman–Crippen LogP) is 1.67. The molecule has 1 saturated heterocycles. The van der Waals surface area contributed by atoms with Crippen LogP contribution in [0, 0.1) is 5.92 Å². The molecule has 7 heteroatoms. The molecule has 124 valence electrons. The number of piperazine rings is 1. The Morgan fingerprint density at radius 2 is 2.09 bits per heavy atom. The van der Waals surface area contributed by atoms with Gasteiger partial charge in [-0.05, 0) is 24.8 Å². The van der Waals surface area contributed by atoms with Crippen LogP contribution < -0.4 is 10.6 Å². The number of halogens is 1. The Labute approximate surface area is 140 Å². The second kappa shape index (κ2) is 6.74. The fourth-order valence-electron chi connectivity index (χ4n) is 3.39. The van der Waals surface area contributed by atoms with Crippen LogP contribution >= 0.6 is 11.6 Å². The summed E-state index contributed by atoms with van der Waals surface area (Å²) in [4.78, 5) is 31.6. The maximum absolute atomic E-state index is 12.4. The molecule has 0 aromatic carbocycles. The van der Waals surface area contributed by atoms with Gasteiger partial charge in [-0.15, -0.1) is 0 Å². The molecule has 2 heterocycles. The van der Waals surface area contributed by atoms with E-state index < -0.39 is 5.91 Å². The van der Waals surface area contributed by atoms with E-state index in [1.54, 1.807) is 0 Å². The van der Waals surface area contributed by atoms with Crippen LogP contribution in [0.4, 0.5) is 5.82 Å². The number of hydrogen-bond acceptors (Lipinski definition) is 4. The van der Waals surface area contributed by atoms with Gasteiger partial charge in [-0.25, -0.2) is 4.98 Å². The number of nitrogens with zero attached hydrogens (tertiary/aromatic N) is 3. The smallest absolute Gasteiger partial charge is 0.250 e. The minimum atomic E-state index is -0.566. The van der Waals surface area contributed by atoms with Gasteiger partial charge in [0.1, 0.15) is 5.82 Å². The summed E-state index contributed by atoms with van der Waals surface area (Å²) in [6.07, 6.45) is 6.43. The van der Waals surface area contributed by atoms with Gasteiger partial charge in [0.25, 0.3) is 0 Å². The Kier molecular flexibility index (Phi) is 4.71. The molecule has 1 aromatic heterocycles. The van der Waals surface area contributed by atoms with Crippen LogP contribution in [0.2, 0.25) is 5.02 Å². The number of primary amides is 1. The summed E-state index contributed by atoms with van der Waals surface area (Å²) in [7, 11) is 0. The molecule has 1 aromatic rings. The first-order valence-electron chi connectivity index (χ1n) is 8.02. The van der Waals surface area contributed by atoms with Crippen LogP contribution in [0.1, 0.15) is 36.0 Å². The first kappa shape index (κ1) is 16.1. The summed E-state index contributed by atoms with van der Waals surface area (Å²) in [5, 5.41) is 0.346. The van der Waals surface area contributed by atoms with Crippen LogP contribution in [0.15, 0.2) is 12.3 Å². The summed E-state index contributed by atoms with van der Waals surface area (Å²) >= 11 is 6.19. The van der Waals surface area contributed by atoms with Gasteiger partial charge in [-0.2, -0.15) is 0 Å². The molecule has 0 unspecified atom stereocenters. The molecule has 0 spiro atoms. The lowest BCUT2D eigenvalue weighted by Gasteiger charge is -2.36. The molecule has 0 bridgehead atoms. The third kappa shape index (κ3) is 3.58. The first-order chi connectivity index (χ1) is 11.0. The molecule has 1 saturated carbocycles. The maximum atomic E-state index is 12.4. The highest BCUT2D eigenvalue weighted by atomic mass is 35.5. The lowest BCUT2D eigenvalue weighted by Crippen LogP contribution is -2.51. The van der Waals surface area contributed by atoms with Gasteiger partial charge >= 0.3 is 0 Å². The number of hydrogen-bond donors (Lipinski definition) is 1. The van der Waals surface area contributed by atoms with Gasteiger partial charge in [-0.3, -0.25) is 9.59 Å². The molecule has 1 aliphatic heterocycles. The Hall–Kier alpha value is -1.82. The van der Waals surface area contributed by atoms with Crippen LogP contribution in [0.25, 0.3) is 0 Å². The fourth-order valence-corrected chi connectivity index (χ4v) is 3.67. The summed E-state index contributed by atoms with van der Waals surface area (Å²) in [5.41, 5.74) is 5.49. The van der Waals surface area contributed by atoms with E-state index in [0.29, 0.717) is 29.8 Å². The predicted molar refractivity (Wildman–Crippen MR) is 88.5 cm³/mol. The Balaban J connectivity index is 1.65. The maximum Gasteiger partial charge on any atom is 0.250 e. The quantitative estimate of drug-likeness (QED) is 0.907. The molecule has 0 radical (unpaired) electrons. The highest BCUT2D eigenvalue weighted by molar-refractivity contribution is 6.33. The van der Waals surface area contributed by atoms with Crippen molar-refractivity contribution in [1.82, 2.24) is 9.88 Å². The van der Waals surface area contributed by atoms with E-state index in [4.69, 9.17) is 17.3 Å². The van der Waals surface area contributed by atoms with Crippen molar-refractivity contribution < 1.29 is 9.59 Å². The van der Waals surface area contributed by atoms with Gasteiger partial charge in [0.15, 0.2) is 0 Å². The molecular formula is C16H21ClN4O2. The molecule has 6 nitrogen and oxygen atoms in total. The van der Waals surface area contributed by atoms with Crippen molar-refractivity contribution >= 4 is 29.2 Å². The number of pyridine rings is 1. The fraction of sp³-hybridized carbons (Fsp3) is 0.562. The number of rotatable bonds is 4. The SMILES string of the molecule is NC(=O)c1cnc(N2CCN(CC3CCCC3)C(=O)C2)c(Cl)c1. The van der Waals surface area contributed by atoms with Crippen LogP contribution in [-0.2, 0) is 4.79 Å². The van der Waals surface area contributed by atoms with E-state index in [1.807, 2.05) is 9.80 Å². The molecule has 3 rings (SSSR count). The van der Waals surface area contributed by atoms with Crippen molar-refractivity contribution in [3.8, 4) is 0 Å². The largest absolute Gasteiger partial charge is 0.366 e. The van der Waals surface area contributed by atoms with Gasteiger partial charge in [-0.1, -0.05) is 24.4 Å². The topological polar surface area (TPSA) is 79.5 Å². The lowest BCUT2D eigenvalue weighted by atomic mass is 10.1. The number of carbonyl (C=O) groups excluding carboxylic acids is 2. The summed E-state index contributed by atoms with van der Waals surface area (Å²) in [6, 6.07) is 1.50. The molecule has 2 N–H and O–H groups in total. The third-order valence-electron chi connectivity index (χ3n) is 4.68. The minimum absolute atomic E-state index is 0.111. The first-order valence-corrected chi connectivity index (χ1v) is 8.40. The van der Waals surface area contributed by atoms with E-state index in [-0.39, 0.29) is 18.0 Å². The zero-order valence-corrected chi connectivity index (χ0v) is 13.8. The van der Waals surface area contributed by atoms with Crippen LogP contribution in [0.5, 0.6) is 0 Å². The highest BCUT2D eigenvalue weighted by Gasteiger charge is 2.28. The van der Waals surface area contributed by atoms with Gasteiger partial charge in [0, 0.05) is 25.8 Å². The van der Waals surface area contributed by atoms with E-state index in [1.165, 1.54) is 37.9 Å². The van der Waals surface area contributed by atoms with E-state index in [0.717, 1.165) is 6.54 Å². The number of anilines is 1. The monoisotopic (exact) mass is 336 g/mol. The third-order valence-corrected chi connectivity index (χ3v) is 4.96. The summed E-state index contributed by atoms with van der Waals surface area (Å²) < 4.78 is 0. The molecular weight excluding hydrogens is 316 g/mol. The lowest BCUT2D eigenvalue weighted by molar-refractivity contribution is -0.131. The molecule has 0 atom stereocenters. The minimum Gasteiger partial charge on any atom is -0.366 e. The average molecular weight is 337 g/mol. The van der Waals surface area contributed by atoms with Crippen LogP contribution in [0.3, 0.4) is 0 Å². The van der Waals surface area contributed by atoms with Crippen molar-refractivity contribution in [3.63, 3.8) is 0 Å². The van der Waals surface area contributed by atoms with E-state index in [9.17, 15) is 9.59 Å². The number of amides is 2. The standard InChI is InChI=1S/C16H21ClN4O2/c17-13-7-12(15(18)23)8-19-16(13)21-6-5-20(14(22)10-21)9-11-3-1-2-4-11/h7-8,11H,1-6,9-10H2,(H2,18,23). The molecule has 2 fully saturated rings. The molecule has 1 aliphatic carbocycles. The van der Waals surface area contributed by atoms with Crippen molar-refractivity contribution in [2.45, 2.75) is 25.7 Å². The highest BCUT2D eigenvalue weighted by Crippen LogP contribution is 2.28. The van der Waals surface area contributed by atoms with Crippen LogP contribution in [-0.4, -0.2) is 47.9 Å². The van der Waals surface area contributed by atoms with Crippen molar-refractivity contribution in [2.75, 3.05) is 31.1 Å². The van der Waals surface area contributed by atoms with E-state index in [2.05, 4.69) is 4.98 Å². The number of nitrogens with two attached hydrogens (primary N) is 1. The Morgan fingerprint density at radius 3 is 2.70 bits per heavy atom. The van der Waals surface area contributed by atoms with Crippen molar-refractivity contribution in [2.24, 2.45) is 11.7 Å². The van der Waals surface area contributed by atoms with Crippen molar-refractivity contribution in [3.05, 3.63) is 22.8 Å². The summed E-state index contributed by atoms with van der Waals surface area (Å²) in [6.45, 7) is 2.52. The Bertz CT molecular complexity index is 616. The number of aromatic nitrogens is 1. The van der Waals surface area contributed by atoms with Gasteiger partial charge in [0.05, 0.1) is 17.1 Å². The van der Waals surface area contributed by atoms with Gasteiger partial charge in [0.2, 0.25) is 11.8 Å². The van der Waals surface area contributed by atoms with E-state index >= 15 is 0 Å². The molecule has 23 heavy (non-hydrogen) atoms. The average Bonchev–Trinajstić information content (AvgIpc) is 3.02. The summed E-state index contributed by atoms with van der Waals surface area (Å²) in [5.74, 6) is 0.732. The second-order valence-corrected chi connectivity index (χ2v) is 6.71. The zero-order valence-electron chi connectivity index (χ0n) is 13.0. The Morgan fingerprint density at radius 1 is 1.35 bits per heavy atom. The normalized spacial score (nSPS) is 19.4. The number of carbonyl (C=O) groups is 2. The second-order valence-electron chi connectivity index (χ2n) is 6.31. The zero-order chi connectivity index (χ0) is 16.4. The molecule has 2 amide bonds.